The van der Waals surface area contributed by atoms with Crippen LogP contribution in [0, 0.1) is 0 Å². The fourth-order valence-electron chi connectivity index (χ4n) is 4.24. The Kier molecular flexibility index (Phi) is 5.24. The molecule has 0 aromatic heterocycles. The molecule has 1 fully saturated rings. The molecule has 2 aliphatic heterocycles. The van der Waals surface area contributed by atoms with Crippen molar-refractivity contribution in [2.45, 2.75) is 38.1 Å². The molecule has 3 amide bonds. The van der Waals surface area contributed by atoms with Gasteiger partial charge in [0.2, 0.25) is 5.91 Å². The third-order valence-corrected chi connectivity index (χ3v) is 5.73. The molecule has 0 bridgehead atoms. The number of hydrogen-bond acceptors (Lipinski definition) is 3. The van der Waals surface area contributed by atoms with E-state index in [0.29, 0.717) is 11.1 Å². The Morgan fingerprint density at radius 2 is 1.57 bits per heavy atom. The number of rotatable bonds is 6. The number of nitrogens with zero attached hydrogens (tertiary/aromatic N) is 2. The van der Waals surface area contributed by atoms with Gasteiger partial charge in [0, 0.05) is 25.6 Å². The van der Waals surface area contributed by atoms with Gasteiger partial charge in [-0.25, -0.2) is 0 Å². The highest BCUT2D eigenvalue weighted by Gasteiger charge is 2.36. The minimum Gasteiger partial charge on any atom is -0.340 e. The number of carbonyl (C=O) groups is 3. The Hall–Kier alpha value is -2.95. The maximum atomic E-state index is 12.8. The highest BCUT2D eigenvalue weighted by molar-refractivity contribution is 6.21. The molecule has 0 radical (unpaired) electrons. The number of amides is 3. The highest BCUT2D eigenvalue weighted by atomic mass is 16.2. The van der Waals surface area contributed by atoms with Crippen LogP contribution < -0.4 is 0 Å². The van der Waals surface area contributed by atoms with E-state index in [1.165, 1.54) is 10.5 Å². The van der Waals surface area contributed by atoms with Gasteiger partial charge in [0.25, 0.3) is 11.8 Å². The van der Waals surface area contributed by atoms with Crippen LogP contribution in [-0.2, 0) is 11.2 Å². The topological polar surface area (TPSA) is 57.7 Å². The molecule has 2 aromatic rings. The van der Waals surface area contributed by atoms with Crippen molar-refractivity contribution in [1.82, 2.24) is 9.80 Å². The van der Waals surface area contributed by atoms with Crippen molar-refractivity contribution in [2.24, 2.45) is 0 Å². The molecule has 1 saturated heterocycles. The van der Waals surface area contributed by atoms with E-state index in [0.717, 1.165) is 32.2 Å². The summed E-state index contributed by atoms with van der Waals surface area (Å²) in [5.41, 5.74) is 2.15. The number of imide groups is 1. The van der Waals surface area contributed by atoms with Gasteiger partial charge in [0.05, 0.1) is 11.1 Å². The SMILES string of the molecule is O=C1c2ccccc2C(=O)N1CCC(=O)N1CCCC1CCc1ccccc1. The highest BCUT2D eigenvalue weighted by Crippen LogP contribution is 2.25. The smallest absolute Gasteiger partial charge is 0.261 e. The molecule has 4 rings (SSSR count). The first kappa shape index (κ1) is 18.4. The lowest BCUT2D eigenvalue weighted by Crippen LogP contribution is -2.39. The lowest BCUT2D eigenvalue weighted by molar-refractivity contribution is -0.132. The largest absolute Gasteiger partial charge is 0.340 e. The Labute approximate surface area is 164 Å². The van der Waals surface area contributed by atoms with Gasteiger partial charge in [0.1, 0.15) is 0 Å². The zero-order valence-corrected chi connectivity index (χ0v) is 15.8. The quantitative estimate of drug-likeness (QED) is 0.727. The molecule has 0 aliphatic carbocycles. The summed E-state index contributed by atoms with van der Waals surface area (Å²) in [6, 6.07) is 17.4. The molecule has 5 heteroatoms. The summed E-state index contributed by atoms with van der Waals surface area (Å²) >= 11 is 0. The van der Waals surface area contributed by atoms with Crippen LogP contribution in [0.15, 0.2) is 54.6 Å². The Bertz CT molecular complexity index is 859. The predicted octanol–water partition coefficient (Wildman–Crippen LogP) is 3.30. The molecule has 28 heavy (non-hydrogen) atoms. The van der Waals surface area contributed by atoms with E-state index in [1.54, 1.807) is 24.3 Å². The van der Waals surface area contributed by atoms with Gasteiger partial charge in [-0.3, -0.25) is 19.3 Å². The zero-order valence-electron chi connectivity index (χ0n) is 15.8. The first-order valence-corrected chi connectivity index (χ1v) is 9.94. The Morgan fingerprint density at radius 3 is 2.25 bits per heavy atom. The predicted molar refractivity (Wildman–Crippen MR) is 106 cm³/mol. The number of likely N-dealkylation sites (tertiary alicyclic amines) is 1. The summed E-state index contributed by atoms with van der Waals surface area (Å²) in [6.45, 7) is 0.910. The summed E-state index contributed by atoms with van der Waals surface area (Å²) in [5.74, 6) is -0.557. The van der Waals surface area contributed by atoms with Gasteiger partial charge in [0.15, 0.2) is 0 Å². The van der Waals surface area contributed by atoms with Crippen molar-refractivity contribution < 1.29 is 14.4 Å². The number of aryl methyl sites for hydroxylation is 1. The second-order valence-corrected chi connectivity index (χ2v) is 7.46. The molecule has 0 N–H and O–H groups in total. The van der Waals surface area contributed by atoms with Gasteiger partial charge < -0.3 is 4.90 Å². The van der Waals surface area contributed by atoms with Crippen LogP contribution in [0.25, 0.3) is 0 Å². The molecule has 2 aromatic carbocycles. The summed E-state index contributed by atoms with van der Waals surface area (Å²) in [4.78, 5) is 40.8. The molecule has 1 atom stereocenters. The molecule has 2 aliphatic rings. The van der Waals surface area contributed by atoms with Crippen molar-refractivity contribution in [1.29, 1.82) is 0 Å². The maximum absolute atomic E-state index is 12.8. The fourth-order valence-corrected chi connectivity index (χ4v) is 4.24. The lowest BCUT2D eigenvalue weighted by atomic mass is 10.0. The van der Waals surface area contributed by atoms with Crippen molar-refractivity contribution in [2.75, 3.05) is 13.1 Å². The maximum Gasteiger partial charge on any atom is 0.261 e. The number of benzene rings is 2. The van der Waals surface area contributed by atoms with Crippen LogP contribution in [0.1, 0.15) is 52.0 Å². The van der Waals surface area contributed by atoms with Crippen molar-refractivity contribution >= 4 is 17.7 Å². The minimum atomic E-state index is -0.296. The first-order chi connectivity index (χ1) is 13.6. The van der Waals surface area contributed by atoms with E-state index in [4.69, 9.17) is 0 Å². The van der Waals surface area contributed by atoms with E-state index in [2.05, 4.69) is 12.1 Å². The average Bonchev–Trinajstić information content (AvgIpc) is 3.29. The molecule has 0 saturated carbocycles. The number of carbonyl (C=O) groups excluding carboxylic acids is 3. The summed E-state index contributed by atoms with van der Waals surface area (Å²) in [5, 5.41) is 0. The second-order valence-electron chi connectivity index (χ2n) is 7.46. The Balaban J connectivity index is 1.33. The van der Waals surface area contributed by atoms with Gasteiger partial charge in [-0.2, -0.15) is 0 Å². The summed E-state index contributed by atoms with van der Waals surface area (Å²) in [7, 11) is 0. The van der Waals surface area contributed by atoms with Crippen LogP contribution in [0.4, 0.5) is 0 Å². The third kappa shape index (κ3) is 3.57. The Morgan fingerprint density at radius 1 is 0.929 bits per heavy atom. The van der Waals surface area contributed by atoms with E-state index >= 15 is 0 Å². The van der Waals surface area contributed by atoms with Crippen LogP contribution in [0.2, 0.25) is 0 Å². The fraction of sp³-hybridized carbons (Fsp3) is 0.348. The van der Waals surface area contributed by atoms with Gasteiger partial charge in [-0.1, -0.05) is 42.5 Å². The number of fused-ring (bicyclic) bond motifs is 1. The summed E-state index contributed by atoms with van der Waals surface area (Å²) < 4.78 is 0. The zero-order chi connectivity index (χ0) is 19.5. The van der Waals surface area contributed by atoms with E-state index < -0.39 is 0 Å². The molecular weight excluding hydrogens is 352 g/mol. The molecule has 144 valence electrons. The summed E-state index contributed by atoms with van der Waals surface area (Å²) in [6.07, 6.45) is 4.12. The molecular formula is C23H24N2O3. The van der Waals surface area contributed by atoms with E-state index in [-0.39, 0.29) is 36.7 Å². The van der Waals surface area contributed by atoms with E-state index in [1.807, 2.05) is 23.1 Å². The van der Waals surface area contributed by atoms with Crippen LogP contribution in [-0.4, -0.2) is 46.7 Å². The van der Waals surface area contributed by atoms with Crippen molar-refractivity contribution in [3.8, 4) is 0 Å². The molecule has 5 nitrogen and oxygen atoms in total. The van der Waals surface area contributed by atoms with Crippen LogP contribution in [0.5, 0.6) is 0 Å². The molecule has 0 spiro atoms. The average molecular weight is 376 g/mol. The van der Waals surface area contributed by atoms with Crippen molar-refractivity contribution in [3.05, 3.63) is 71.3 Å². The monoisotopic (exact) mass is 376 g/mol. The number of hydrogen-bond donors (Lipinski definition) is 0. The van der Waals surface area contributed by atoms with Gasteiger partial charge in [-0.15, -0.1) is 0 Å². The first-order valence-electron chi connectivity index (χ1n) is 9.94. The normalized spacial score (nSPS) is 18.6. The minimum absolute atomic E-state index is 0.0344. The second kappa shape index (κ2) is 7.97. The standard InChI is InChI=1S/C23H24N2O3/c26-21(14-16-25-22(27)19-10-4-5-11-20(19)23(25)28)24-15-6-9-18(24)13-12-17-7-2-1-3-8-17/h1-5,7-8,10-11,18H,6,9,12-16H2. The molecule has 2 heterocycles. The lowest BCUT2D eigenvalue weighted by Gasteiger charge is -2.25. The van der Waals surface area contributed by atoms with Crippen LogP contribution in [0.3, 0.4) is 0 Å². The van der Waals surface area contributed by atoms with Gasteiger partial charge in [-0.05, 0) is 43.4 Å². The van der Waals surface area contributed by atoms with Gasteiger partial charge >= 0.3 is 0 Å². The molecule has 1 unspecified atom stereocenters. The van der Waals surface area contributed by atoms with E-state index in [9.17, 15) is 14.4 Å². The van der Waals surface area contributed by atoms with Crippen molar-refractivity contribution in [3.63, 3.8) is 0 Å². The third-order valence-electron chi connectivity index (χ3n) is 5.73. The van der Waals surface area contributed by atoms with Crippen LogP contribution >= 0.6 is 0 Å².